The van der Waals surface area contributed by atoms with E-state index in [1.807, 2.05) is 13.8 Å². The maximum Gasteiger partial charge on any atom is 0.196 e. The molecule has 0 unspecified atom stereocenters. The van der Waals surface area contributed by atoms with Crippen LogP contribution in [0.5, 0.6) is 0 Å². The second-order valence-electron chi connectivity index (χ2n) is 3.63. The summed E-state index contributed by atoms with van der Waals surface area (Å²) in [5, 5.41) is 0. The Morgan fingerprint density at radius 2 is 2.06 bits per heavy atom. The lowest BCUT2D eigenvalue weighted by Crippen LogP contribution is -2.39. The van der Waals surface area contributed by atoms with Gasteiger partial charge in [0.15, 0.2) is 5.78 Å². The van der Waals surface area contributed by atoms with Gasteiger partial charge in [0.25, 0.3) is 0 Å². The highest BCUT2D eigenvalue weighted by molar-refractivity contribution is 6.02. The maximum absolute atomic E-state index is 13.0. The minimum absolute atomic E-state index is 0.216. The summed E-state index contributed by atoms with van der Waals surface area (Å²) in [7, 11) is 1.50. The number of aromatic nitrogens is 1. The van der Waals surface area contributed by atoms with Gasteiger partial charge in [-0.2, -0.15) is 0 Å². The fraction of sp³-hybridized carbons (Fsp3) is 0.500. The molecule has 0 aliphatic heterocycles. The third kappa shape index (κ3) is 2.27. The maximum atomic E-state index is 13.0. The number of Topliss-reactive ketones (excluding diaryl/α,β-unsaturated/α-hetero) is 1. The van der Waals surface area contributed by atoms with Gasteiger partial charge in [0.1, 0.15) is 11.4 Å². The zero-order valence-corrected chi connectivity index (χ0v) is 9.79. The number of hydrogen-bond donors (Lipinski definition) is 0. The van der Waals surface area contributed by atoms with Crippen molar-refractivity contribution in [2.75, 3.05) is 7.11 Å². The van der Waals surface area contributed by atoms with Crippen LogP contribution < -0.4 is 0 Å². The van der Waals surface area contributed by atoms with Crippen LogP contribution in [0.15, 0.2) is 18.5 Å². The number of halogens is 1. The molecule has 0 fully saturated rings. The van der Waals surface area contributed by atoms with Crippen LogP contribution in [-0.2, 0) is 4.74 Å². The lowest BCUT2D eigenvalue weighted by atomic mass is 9.88. The van der Waals surface area contributed by atoms with E-state index in [-0.39, 0.29) is 11.3 Å². The van der Waals surface area contributed by atoms with E-state index >= 15 is 0 Å². The molecule has 1 aromatic heterocycles. The SMILES string of the molecule is CCC(CC)(OC)C(=O)c1cncc(F)c1. The van der Waals surface area contributed by atoms with Crippen LogP contribution in [0.3, 0.4) is 0 Å². The average Bonchev–Trinajstić information content (AvgIpc) is 2.32. The molecular formula is C12H16FNO2. The molecule has 4 heteroatoms. The number of carbonyl (C=O) groups is 1. The molecule has 3 nitrogen and oxygen atoms in total. The van der Waals surface area contributed by atoms with Crippen molar-refractivity contribution < 1.29 is 13.9 Å². The molecule has 88 valence electrons. The first-order valence-electron chi connectivity index (χ1n) is 5.30. The molecule has 1 rings (SSSR count). The normalized spacial score (nSPS) is 11.5. The van der Waals surface area contributed by atoms with E-state index in [9.17, 15) is 9.18 Å². The van der Waals surface area contributed by atoms with Gasteiger partial charge < -0.3 is 4.74 Å². The van der Waals surface area contributed by atoms with Gasteiger partial charge in [0, 0.05) is 18.9 Å². The molecule has 0 spiro atoms. The van der Waals surface area contributed by atoms with Gasteiger partial charge >= 0.3 is 0 Å². The summed E-state index contributed by atoms with van der Waals surface area (Å²) in [6, 6.07) is 1.19. The molecule has 0 saturated heterocycles. The Hall–Kier alpha value is -1.29. The van der Waals surface area contributed by atoms with Crippen molar-refractivity contribution in [1.82, 2.24) is 4.98 Å². The van der Waals surface area contributed by atoms with Crippen molar-refractivity contribution in [3.8, 4) is 0 Å². The topological polar surface area (TPSA) is 39.2 Å². The molecule has 0 aromatic carbocycles. The van der Waals surface area contributed by atoms with E-state index < -0.39 is 11.4 Å². The van der Waals surface area contributed by atoms with Crippen LogP contribution in [0.1, 0.15) is 37.0 Å². The summed E-state index contributed by atoms with van der Waals surface area (Å²) in [6.07, 6.45) is 3.54. The zero-order chi connectivity index (χ0) is 12.2. The largest absolute Gasteiger partial charge is 0.370 e. The highest BCUT2D eigenvalue weighted by Gasteiger charge is 2.35. The Bertz CT molecular complexity index is 367. The smallest absolute Gasteiger partial charge is 0.196 e. The highest BCUT2D eigenvalue weighted by Crippen LogP contribution is 2.24. The quantitative estimate of drug-likeness (QED) is 0.723. The number of methoxy groups -OCH3 is 1. The molecule has 0 radical (unpaired) electrons. The Morgan fingerprint density at radius 1 is 1.44 bits per heavy atom. The second kappa shape index (κ2) is 5.16. The molecule has 0 bridgehead atoms. The summed E-state index contributed by atoms with van der Waals surface area (Å²) in [5.41, 5.74) is -0.610. The predicted octanol–water partition coefficient (Wildman–Crippen LogP) is 2.61. The first-order valence-corrected chi connectivity index (χ1v) is 5.30. The molecule has 0 aliphatic carbocycles. The summed E-state index contributed by atoms with van der Waals surface area (Å²) in [5.74, 6) is -0.727. The van der Waals surface area contributed by atoms with E-state index in [0.717, 1.165) is 6.20 Å². The minimum atomic E-state index is -0.866. The van der Waals surface area contributed by atoms with Crippen LogP contribution in [0, 0.1) is 5.82 Å². The van der Waals surface area contributed by atoms with Gasteiger partial charge in [-0.3, -0.25) is 9.78 Å². The van der Waals surface area contributed by atoms with Crippen molar-refractivity contribution in [2.24, 2.45) is 0 Å². The van der Waals surface area contributed by atoms with E-state index in [2.05, 4.69) is 4.98 Å². The number of hydrogen-bond acceptors (Lipinski definition) is 3. The number of rotatable bonds is 5. The van der Waals surface area contributed by atoms with Crippen molar-refractivity contribution >= 4 is 5.78 Å². The van der Waals surface area contributed by atoms with Gasteiger partial charge in [-0.1, -0.05) is 13.8 Å². The summed E-state index contributed by atoms with van der Waals surface area (Å²) < 4.78 is 18.3. The Kier molecular flexibility index (Phi) is 4.12. The average molecular weight is 225 g/mol. The number of ether oxygens (including phenoxy) is 1. The van der Waals surface area contributed by atoms with Gasteiger partial charge in [0.2, 0.25) is 0 Å². The van der Waals surface area contributed by atoms with Gasteiger partial charge in [0.05, 0.1) is 6.20 Å². The summed E-state index contributed by atoms with van der Waals surface area (Å²) in [6.45, 7) is 3.75. The van der Waals surface area contributed by atoms with Crippen molar-refractivity contribution in [3.63, 3.8) is 0 Å². The first-order chi connectivity index (χ1) is 7.59. The number of ketones is 1. The van der Waals surface area contributed by atoms with Crippen molar-refractivity contribution in [3.05, 3.63) is 29.8 Å². The van der Waals surface area contributed by atoms with Gasteiger partial charge in [-0.05, 0) is 18.9 Å². The molecule has 0 atom stereocenters. The van der Waals surface area contributed by atoms with Crippen molar-refractivity contribution in [2.45, 2.75) is 32.3 Å². The van der Waals surface area contributed by atoms with Crippen LogP contribution in [0.25, 0.3) is 0 Å². The van der Waals surface area contributed by atoms with Gasteiger partial charge in [-0.15, -0.1) is 0 Å². The second-order valence-corrected chi connectivity index (χ2v) is 3.63. The molecule has 0 aliphatic rings. The molecule has 0 saturated carbocycles. The zero-order valence-electron chi connectivity index (χ0n) is 9.79. The van der Waals surface area contributed by atoms with Crippen molar-refractivity contribution in [1.29, 1.82) is 0 Å². The molecule has 16 heavy (non-hydrogen) atoms. The molecule has 0 amide bonds. The number of pyridine rings is 1. The Balaban J connectivity index is 3.09. The number of carbonyl (C=O) groups excluding carboxylic acids is 1. The summed E-state index contributed by atoms with van der Waals surface area (Å²) in [4.78, 5) is 15.9. The van der Waals surface area contributed by atoms with E-state index in [4.69, 9.17) is 4.74 Å². The lowest BCUT2D eigenvalue weighted by molar-refractivity contribution is -0.00267. The molecule has 0 N–H and O–H groups in total. The molecular weight excluding hydrogens is 209 g/mol. The van der Waals surface area contributed by atoms with Crippen LogP contribution in [-0.4, -0.2) is 23.5 Å². The third-order valence-electron chi connectivity index (χ3n) is 2.91. The standard InChI is InChI=1S/C12H16FNO2/c1-4-12(5-2,16-3)11(15)9-6-10(13)8-14-7-9/h6-8H,4-5H2,1-3H3. The Labute approximate surface area is 94.6 Å². The highest BCUT2D eigenvalue weighted by atomic mass is 19.1. The van der Waals surface area contributed by atoms with Crippen LogP contribution >= 0.6 is 0 Å². The van der Waals surface area contributed by atoms with Crippen LogP contribution in [0.2, 0.25) is 0 Å². The summed E-state index contributed by atoms with van der Waals surface area (Å²) >= 11 is 0. The fourth-order valence-electron chi connectivity index (χ4n) is 1.75. The Morgan fingerprint density at radius 3 is 2.50 bits per heavy atom. The minimum Gasteiger partial charge on any atom is -0.370 e. The first kappa shape index (κ1) is 12.8. The molecule has 1 aromatic rings. The van der Waals surface area contributed by atoms with E-state index in [1.54, 1.807) is 0 Å². The monoisotopic (exact) mass is 225 g/mol. The fourth-order valence-corrected chi connectivity index (χ4v) is 1.75. The van der Waals surface area contributed by atoms with Crippen LogP contribution in [0.4, 0.5) is 4.39 Å². The van der Waals surface area contributed by atoms with E-state index in [1.165, 1.54) is 19.4 Å². The third-order valence-corrected chi connectivity index (χ3v) is 2.91. The number of nitrogens with zero attached hydrogens (tertiary/aromatic N) is 1. The predicted molar refractivity (Wildman–Crippen MR) is 58.8 cm³/mol. The lowest BCUT2D eigenvalue weighted by Gasteiger charge is -2.28. The van der Waals surface area contributed by atoms with E-state index in [0.29, 0.717) is 12.8 Å². The van der Waals surface area contributed by atoms with Gasteiger partial charge in [-0.25, -0.2) is 4.39 Å². The molecule has 1 heterocycles.